The van der Waals surface area contributed by atoms with Gasteiger partial charge in [0.05, 0.1) is 27.5 Å². The maximum atomic E-state index is 12.9. The van der Waals surface area contributed by atoms with E-state index in [1.54, 1.807) is 42.5 Å². The predicted molar refractivity (Wildman–Crippen MR) is 128 cm³/mol. The van der Waals surface area contributed by atoms with Gasteiger partial charge in [-0.15, -0.1) is 0 Å². The number of amides is 2. The molecule has 2 amide bonds. The number of carbonyl (C=O) groups excluding carboxylic acids is 2. The quantitative estimate of drug-likeness (QED) is 0.399. The Morgan fingerprint density at radius 3 is 2.64 bits per heavy atom. The Bertz CT molecular complexity index is 1360. The Hall–Kier alpha value is -4.04. The molecule has 3 aromatic carbocycles. The Morgan fingerprint density at radius 1 is 0.879 bits per heavy atom. The van der Waals surface area contributed by atoms with Crippen LogP contribution in [0.3, 0.4) is 0 Å². The SMILES string of the molecule is O=C(CSc1ccc2ccccc2n1)Nc1ccccc1C(=O)Nc1ccc2c(c1)OCO2. The van der Waals surface area contributed by atoms with Crippen molar-refractivity contribution >= 4 is 45.9 Å². The fourth-order valence-electron chi connectivity index (χ4n) is 3.42. The van der Waals surface area contributed by atoms with Gasteiger partial charge in [0.25, 0.3) is 5.91 Å². The van der Waals surface area contributed by atoms with Gasteiger partial charge >= 0.3 is 0 Å². The molecule has 0 fully saturated rings. The summed E-state index contributed by atoms with van der Waals surface area (Å²) in [6.45, 7) is 0.161. The molecule has 0 bridgehead atoms. The molecule has 1 aromatic heterocycles. The van der Waals surface area contributed by atoms with Crippen molar-refractivity contribution in [1.29, 1.82) is 0 Å². The largest absolute Gasteiger partial charge is 0.454 e. The van der Waals surface area contributed by atoms with Crippen molar-refractivity contribution in [2.24, 2.45) is 0 Å². The molecule has 0 aliphatic carbocycles. The predicted octanol–water partition coefficient (Wildman–Crippen LogP) is 4.95. The molecule has 2 heterocycles. The lowest BCUT2D eigenvalue weighted by Crippen LogP contribution is -2.19. The summed E-state index contributed by atoms with van der Waals surface area (Å²) >= 11 is 1.34. The van der Waals surface area contributed by atoms with Crippen molar-refractivity contribution in [2.75, 3.05) is 23.2 Å². The summed E-state index contributed by atoms with van der Waals surface area (Å²) in [5, 5.41) is 7.48. The van der Waals surface area contributed by atoms with Crippen LogP contribution in [-0.4, -0.2) is 29.3 Å². The van der Waals surface area contributed by atoms with Gasteiger partial charge in [-0.25, -0.2) is 4.98 Å². The molecule has 0 spiro atoms. The van der Waals surface area contributed by atoms with Crippen LogP contribution in [0.15, 0.2) is 83.9 Å². The number of ether oxygens (including phenoxy) is 2. The molecule has 0 atom stereocenters. The zero-order valence-electron chi connectivity index (χ0n) is 17.4. The monoisotopic (exact) mass is 457 g/mol. The standard InChI is InChI=1S/C25H19N3O4S/c29-23(14-33-24-12-9-16-5-1-3-7-19(16)28-24)27-20-8-4-2-6-18(20)25(30)26-17-10-11-21-22(13-17)32-15-31-21/h1-13H,14-15H2,(H,26,30)(H,27,29). The Balaban J connectivity index is 1.24. The van der Waals surface area contributed by atoms with E-state index in [1.807, 2.05) is 36.4 Å². The first-order valence-electron chi connectivity index (χ1n) is 10.2. The minimum atomic E-state index is -0.339. The fraction of sp³-hybridized carbons (Fsp3) is 0.0800. The highest BCUT2D eigenvalue weighted by Crippen LogP contribution is 2.34. The highest BCUT2D eigenvalue weighted by atomic mass is 32.2. The molecule has 7 nitrogen and oxygen atoms in total. The van der Waals surface area contributed by atoms with Gasteiger partial charge in [-0.05, 0) is 36.4 Å². The van der Waals surface area contributed by atoms with E-state index in [9.17, 15) is 9.59 Å². The van der Waals surface area contributed by atoms with Crippen LogP contribution in [0.2, 0.25) is 0 Å². The number of thioether (sulfide) groups is 1. The van der Waals surface area contributed by atoms with Crippen molar-refractivity contribution in [3.8, 4) is 11.5 Å². The van der Waals surface area contributed by atoms with Crippen LogP contribution in [0.5, 0.6) is 11.5 Å². The minimum absolute atomic E-state index is 0.161. The van der Waals surface area contributed by atoms with Gasteiger partial charge in [-0.2, -0.15) is 0 Å². The number of carbonyl (C=O) groups is 2. The molecule has 5 rings (SSSR count). The molecule has 0 radical (unpaired) electrons. The van der Waals surface area contributed by atoms with E-state index in [0.717, 1.165) is 15.9 Å². The summed E-state index contributed by atoms with van der Waals surface area (Å²) in [7, 11) is 0. The number of fused-ring (bicyclic) bond motifs is 2. The van der Waals surface area contributed by atoms with Crippen molar-refractivity contribution in [3.63, 3.8) is 0 Å². The molecule has 0 saturated carbocycles. The number of nitrogens with one attached hydrogen (secondary N) is 2. The van der Waals surface area contributed by atoms with Crippen LogP contribution >= 0.6 is 11.8 Å². The molecular formula is C25H19N3O4S. The highest BCUT2D eigenvalue weighted by Gasteiger charge is 2.17. The smallest absolute Gasteiger partial charge is 0.257 e. The molecule has 8 heteroatoms. The first kappa shape index (κ1) is 20.8. The number of para-hydroxylation sites is 2. The number of benzene rings is 3. The summed E-state index contributed by atoms with van der Waals surface area (Å²) in [4.78, 5) is 30.0. The molecule has 0 saturated heterocycles. The lowest BCUT2D eigenvalue weighted by atomic mass is 10.1. The van der Waals surface area contributed by atoms with Gasteiger partial charge < -0.3 is 20.1 Å². The van der Waals surface area contributed by atoms with Gasteiger partial charge in [0.1, 0.15) is 0 Å². The van der Waals surface area contributed by atoms with E-state index >= 15 is 0 Å². The second-order valence-corrected chi connectivity index (χ2v) is 8.24. The van der Waals surface area contributed by atoms with Gasteiger partial charge in [0, 0.05) is 17.1 Å². The van der Waals surface area contributed by atoms with Crippen LogP contribution in [0.25, 0.3) is 10.9 Å². The number of rotatable bonds is 6. The lowest BCUT2D eigenvalue weighted by Gasteiger charge is -2.12. The Morgan fingerprint density at radius 2 is 1.70 bits per heavy atom. The second-order valence-electron chi connectivity index (χ2n) is 7.25. The normalized spacial score (nSPS) is 11.9. The molecule has 33 heavy (non-hydrogen) atoms. The third kappa shape index (κ3) is 4.75. The summed E-state index contributed by atoms with van der Waals surface area (Å²) in [6.07, 6.45) is 0. The zero-order chi connectivity index (χ0) is 22.6. The summed E-state index contributed by atoms with van der Waals surface area (Å²) in [6, 6.07) is 23.8. The van der Waals surface area contributed by atoms with Crippen LogP contribution in [0.4, 0.5) is 11.4 Å². The molecule has 2 N–H and O–H groups in total. The molecular weight excluding hydrogens is 438 g/mol. The van der Waals surface area contributed by atoms with Crippen LogP contribution in [0.1, 0.15) is 10.4 Å². The minimum Gasteiger partial charge on any atom is -0.454 e. The van der Waals surface area contributed by atoms with Crippen molar-refractivity contribution in [1.82, 2.24) is 4.98 Å². The molecule has 0 unspecified atom stereocenters. The molecule has 4 aromatic rings. The van der Waals surface area contributed by atoms with Crippen molar-refractivity contribution < 1.29 is 19.1 Å². The highest BCUT2D eigenvalue weighted by molar-refractivity contribution is 7.99. The first-order valence-corrected chi connectivity index (χ1v) is 11.2. The van der Waals surface area contributed by atoms with Crippen LogP contribution < -0.4 is 20.1 Å². The third-order valence-electron chi connectivity index (χ3n) is 5.00. The summed E-state index contributed by atoms with van der Waals surface area (Å²) in [5.74, 6) is 0.823. The molecule has 164 valence electrons. The molecule has 1 aliphatic rings. The van der Waals surface area contributed by atoms with E-state index in [1.165, 1.54) is 11.8 Å². The number of hydrogen-bond acceptors (Lipinski definition) is 6. The average Bonchev–Trinajstić information content (AvgIpc) is 3.31. The number of aromatic nitrogens is 1. The van der Waals surface area contributed by atoms with Gasteiger partial charge in [0.15, 0.2) is 11.5 Å². The number of nitrogens with zero attached hydrogens (tertiary/aromatic N) is 1. The van der Waals surface area contributed by atoms with Gasteiger partial charge in [0.2, 0.25) is 12.7 Å². The number of hydrogen-bond donors (Lipinski definition) is 2. The topological polar surface area (TPSA) is 89.6 Å². The Kier molecular flexibility index (Phi) is 5.82. The average molecular weight is 458 g/mol. The second kappa shape index (κ2) is 9.22. The Labute approximate surface area is 194 Å². The van der Waals surface area contributed by atoms with Crippen LogP contribution in [0, 0.1) is 0 Å². The van der Waals surface area contributed by atoms with Crippen molar-refractivity contribution in [2.45, 2.75) is 5.03 Å². The number of anilines is 2. The maximum absolute atomic E-state index is 12.9. The van der Waals surface area contributed by atoms with E-state index in [-0.39, 0.29) is 24.4 Å². The zero-order valence-corrected chi connectivity index (χ0v) is 18.2. The van der Waals surface area contributed by atoms with E-state index in [2.05, 4.69) is 15.6 Å². The van der Waals surface area contributed by atoms with E-state index in [4.69, 9.17) is 9.47 Å². The fourth-order valence-corrected chi connectivity index (χ4v) is 4.09. The van der Waals surface area contributed by atoms with Gasteiger partial charge in [-0.1, -0.05) is 48.2 Å². The molecule has 1 aliphatic heterocycles. The van der Waals surface area contributed by atoms with E-state index in [0.29, 0.717) is 28.4 Å². The van der Waals surface area contributed by atoms with Gasteiger partial charge in [-0.3, -0.25) is 9.59 Å². The number of pyridine rings is 1. The first-order chi connectivity index (χ1) is 16.2. The lowest BCUT2D eigenvalue weighted by molar-refractivity contribution is -0.113. The summed E-state index contributed by atoms with van der Waals surface area (Å²) < 4.78 is 10.6. The third-order valence-corrected chi connectivity index (χ3v) is 5.93. The van der Waals surface area contributed by atoms with Crippen LogP contribution in [-0.2, 0) is 4.79 Å². The van der Waals surface area contributed by atoms with Crippen molar-refractivity contribution in [3.05, 3.63) is 84.4 Å². The van der Waals surface area contributed by atoms with E-state index < -0.39 is 0 Å². The summed E-state index contributed by atoms with van der Waals surface area (Å²) in [5.41, 5.74) is 2.25. The maximum Gasteiger partial charge on any atom is 0.257 e.